The van der Waals surface area contributed by atoms with Gasteiger partial charge in [0.15, 0.2) is 0 Å². The number of hydrogen-bond acceptors (Lipinski definition) is 4. The van der Waals surface area contributed by atoms with Gasteiger partial charge in [-0.25, -0.2) is 4.79 Å². The highest BCUT2D eigenvalue weighted by Crippen LogP contribution is 2.24. The van der Waals surface area contributed by atoms with Crippen LogP contribution < -0.4 is 10.2 Å². The number of carboxylic acid groups (broad SMARTS) is 1. The molecule has 0 aliphatic carbocycles. The molecule has 1 aromatic heterocycles. The van der Waals surface area contributed by atoms with Crippen molar-refractivity contribution in [2.75, 3.05) is 18.0 Å². The van der Waals surface area contributed by atoms with Crippen molar-refractivity contribution in [3.63, 3.8) is 0 Å². The summed E-state index contributed by atoms with van der Waals surface area (Å²) < 4.78 is 1.29. The van der Waals surface area contributed by atoms with E-state index in [1.165, 1.54) is 10.9 Å². The lowest BCUT2D eigenvalue weighted by Gasteiger charge is -2.27. The smallest absolute Gasteiger partial charge is 0.339 e. The third-order valence-electron chi connectivity index (χ3n) is 4.35. The molecule has 2 heterocycles. The summed E-state index contributed by atoms with van der Waals surface area (Å²) in [6.45, 7) is 1.43. The highest BCUT2D eigenvalue weighted by atomic mass is 16.4. The lowest BCUT2D eigenvalue weighted by molar-refractivity contribution is 0.0690. The maximum atomic E-state index is 12.4. The van der Waals surface area contributed by atoms with Crippen molar-refractivity contribution in [3.8, 4) is 0 Å². The average molecular weight is 328 g/mol. The number of aryl methyl sites for hydroxylation is 1. The zero-order chi connectivity index (χ0) is 17.1. The predicted octanol–water partition coefficient (Wildman–Crippen LogP) is 1.52. The van der Waals surface area contributed by atoms with Crippen molar-refractivity contribution in [2.45, 2.75) is 18.9 Å². The Morgan fingerprint density at radius 3 is 2.79 bits per heavy atom. The van der Waals surface area contributed by atoms with Crippen LogP contribution in [-0.4, -0.2) is 45.9 Å². The molecule has 2 aromatic rings. The topological polar surface area (TPSA) is 87.5 Å². The number of nitrogens with zero attached hydrogens (tertiary/aromatic N) is 3. The number of rotatable bonds is 5. The third kappa shape index (κ3) is 3.10. The van der Waals surface area contributed by atoms with E-state index in [1.54, 1.807) is 7.05 Å². The fourth-order valence-corrected chi connectivity index (χ4v) is 3.16. The molecular weight excluding hydrogens is 308 g/mol. The van der Waals surface area contributed by atoms with Crippen molar-refractivity contribution >= 4 is 17.6 Å². The lowest BCUT2D eigenvalue weighted by atomic mass is 10.2. The standard InChI is InChI=1S/C17H20N4O3/c1-20-15(14(11-19-20)17(23)24)16(22)18-10-13-8-5-9-21(13)12-6-3-2-4-7-12/h2-4,6-7,11,13H,5,8-10H2,1H3,(H,18,22)(H,23,24). The van der Waals surface area contributed by atoms with E-state index >= 15 is 0 Å². The number of hydrogen-bond donors (Lipinski definition) is 2. The van der Waals surface area contributed by atoms with E-state index < -0.39 is 11.9 Å². The van der Waals surface area contributed by atoms with Crippen molar-refractivity contribution < 1.29 is 14.7 Å². The Bertz CT molecular complexity index is 742. The molecule has 126 valence electrons. The van der Waals surface area contributed by atoms with Gasteiger partial charge < -0.3 is 15.3 Å². The second-order valence-electron chi connectivity index (χ2n) is 5.87. The van der Waals surface area contributed by atoms with Crippen LogP contribution in [-0.2, 0) is 7.05 Å². The van der Waals surface area contributed by atoms with E-state index in [1.807, 2.05) is 18.2 Å². The first-order valence-electron chi connectivity index (χ1n) is 7.93. The summed E-state index contributed by atoms with van der Waals surface area (Å²) in [4.78, 5) is 25.9. The van der Waals surface area contributed by atoms with Crippen LogP contribution in [0.25, 0.3) is 0 Å². The van der Waals surface area contributed by atoms with Gasteiger partial charge >= 0.3 is 5.97 Å². The molecule has 1 aromatic carbocycles. The number of anilines is 1. The number of carbonyl (C=O) groups is 2. The predicted molar refractivity (Wildman–Crippen MR) is 89.3 cm³/mol. The molecule has 7 heteroatoms. The van der Waals surface area contributed by atoms with E-state index in [4.69, 9.17) is 5.11 Å². The number of benzene rings is 1. The molecule has 1 amide bonds. The van der Waals surface area contributed by atoms with Crippen LogP contribution in [0.1, 0.15) is 33.7 Å². The molecule has 1 aliphatic heterocycles. The van der Waals surface area contributed by atoms with E-state index in [0.717, 1.165) is 25.1 Å². The molecule has 0 saturated carbocycles. The van der Waals surface area contributed by atoms with Crippen molar-refractivity contribution in [2.24, 2.45) is 7.05 Å². The van der Waals surface area contributed by atoms with Gasteiger partial charge in [-0.15, -0.1) is 0 Å². The van der Waals surface area contributed by atoms with Gasteiger partial charge in [-0.3, -0.25) is 9.48 Å². The molecule has 7 nitrogen and oxygen atoms in total. The second kappa shape index (κ2) is 6.74. The van der Waals surface area contributed by atoms with Gasteiger partial charge in [-0.1, -0.05) is 18.2 Å². The highest BCUT2D eigenvalue weighted by molar-refractivity contribution is 6.03. The molecule has 1 aliphatic rings. The number of carboxylic acids is 1. The average Bonchev–Trinajstić information content (AvgIpc) is 3.20. The fourth-order valence-electron chi connectivity index (χ4n) is 3.16. The van der Waals surface area contributed by atoms with E-state index in [-0.39, 0.29) is 17.3 Å². The van der Waals surface area contributed by atoms with Crippen LogP contribution in [0.2, 0.25) is 0 Å². The number of nitrogens with one attached hydrogen (secondary N) is 1. The molecule has 1 unspecified atom stereocenters. The van der Waals surface area contributed by atoms with Gasteiger partial charge in [-0.2, -0.15) is 5.10 Å². The normalized spacial score (nSPS) is 17.0. The van der Waals surface area contributed by atoms with E-state index in [9.17, 15) is 9.59 Å². The molecule has 0 spiro atoms. The maximum Gasteiger partial charge on any atom is 0.339 e. The third-order valence-corrected chi connectivity index (χ3v) is 4.35. The summed E-state index contributed by atoms with van der Waals surface area (Å²) in [5.41, 5.74) is 1.13. The monoisotopic (exact) mass is 328 g/mol. The van der Waals surface area contributed by atoms with Gasteiger partial charge in [0.05, 0.1) is 6.20 Å². The van der Waals surface area contributed by atoms with Crippen molar-refractivity contribution in [1.82, 2.24) is 15.1 Å². The molecule has 0 radical (unpaired) electrons. The van der Waals surface area contributed by atoms with Crippen LogP contribution >= 0.6 is 0 Å². The quantitative estimate of drug-likeness (QED) is 0.869. The minimum absolute atomic E-state index is 0.0757. The summed E-state index contributed by atoms with van der Waals surface area (Å²) in [5, 5.41) is 15.9. The summed E-state index contributed by atoms with van der Waals surface area (Å²) >= 11 is 0. The van der Waals surface area contributed by atoms with E-state index in [2.05, 4.69) is 27.4 Å². The summed E-state index contributed by atoms with van der Waals surface area (Å²) in [6, 6.07) is 10.3. The number of aromatic carboxylic acids is 1. The summed E-state index contributed by atoms with van der Waals surface area (Å²) in [7, 11) is 1.56. The highest BCUT2D eigenvalue weighted by Gasteiger charge is 2.27. The van der Waals surface area contributed by atoms with Gasteiger partial charge in [-0.05, 0) is 25.0 Å². The van der Waals surface area contributed by atoms with Crippen molar-refractivity contribution in [3.05, 3.63) is 47.8 Å². The zero-order valence-corrected chi connectivity index (χ0v) is 13.5. The van der Waals surface area contributed by atoms with Crippen LogP contribution in [0.4, 0.5) is 5.69 Å². The van der Waals surface area contributed by atoms with Crippen LogP contribution in [0.5, 0.6) is 0 Å². The summed E-state index contributed by atoms with van der Waals surface area (Å²) in [6.07, 6.45) is 3.26. The van der Waals surface area contributed by atoms with Crippen LogP contribution in [0, 0.1) is 0 Å². The number of carbonyl (C=O) groups excluding carboxylic acids is 1. The van der Waals surface area contributed by atoms with E-state index in [0.29, 0.717) is 6.54 Å². The Morgan fingerprint density at radius 2 is 2.08 bits per heavy atom. The SMILES string of the molecule is Cn1ncc(C(=O)O)c1C(=O)NCC1CCCN1c1ccccc1. The first-order chi connectivity index (χ1) is 11.6. The molecule has 0 bridgehead atoms. The van der Waals surface area contributed by atoms with Crippen molar-refractivity contribution in [1.29, 1.82) is 0 Å². The molecular formula is C17H20N4O3. The first kappa shape index (κ1) is 16.0. The van der Waals surface area contributed by atoms with Gasteiger partial charge in [0.25, 0.3) is 5.91 Å². The molecule has 3 rings (SSSR count). The Hall–Kier alpha value is -2.83. The minimum atomic E-state index is -1.15. The minimum Gasteiger partial charge on any atom is -0.478 e. The molecule has 1 saturated heterocycles. The Morgan fingerprint density at radius 1 is 1.33 bits per heavy atom. The fraction of sp³-hybridized carbons (Fsp3) is 0.353. The van der Waals surface area contributed by atoms with Crippen LogP contribution in [0.15, 0.2) is 36.5 Å². The van der Waals surface area contributed by atoms with Crippen LogP contribution in [0.3, 0.4) is 0 Å². The largest absolute Gasteiger partial charge is 0.478 e. The number of para-hydroxylation sites is 1. The zero-order valence-electron chi connectivity index (χ0n) is 13.5. The number of amides is 1. The second-order valence-corrected chi connectivity index (χ2v) is 5.87. The molecule has 1 fully saturated rings. The summed E-state index contributed by atoms with van der Waals surface area (Å²) in [5.74, 6) is -1.56. The lowest BCUT2D eigenvalue weighted by Crippen LogP contribution is -2.41. The van der Waals surface area contributed by atoms with Gasteiger partial charge in [0, 0.05) is 31.9 Å². The van der Waals surface area contributed by atoms with Gasteiger partial charge in [0.2, 0.25) is 0 Å². The Balaban J connectivity index is 1.68. The van der Waals surface area contributed by atoms with Gasteiger partial charge in [0.1, 0.15) is 11.3 Å². The first-order valence-corrected chi connectivity index (χ1v) is 7.93. The number of aromatic nitrogens is 2. The Kier molecular flexibility index (Phi) is 4.50. The molecule has 1 atom stereocenters. The maximum absolute atomic E-state index is 12.4. The Labute approximate surface area is 139 Å². The molecule has 24 heavy (non-hydrogen) atoms. The molecule has 2 N–H and O–H groups in total.